The van der Waals surface area contributed by atoms with Crippen LogP contribution in [0.4, 0.5) is 0 Å². The van der Waals surface area contributed by atoms with Crippen LogP contribution in [0.2, 0.25) is 0 Å². The fourth-order valence-corrected chi connectivity index (χ4v) is 0.918. The van der Waals surface area contributed by atoms with Gasteiger partial charge in [-0.15, -0.1) is 0 Å². The molecule has 0 saturated carbocycles. The highest BCUT2D eigenvalue weighted by molar-refractivity contribution is 5.69. The molecule has 0 saturated heterocycles. The Morgan fingerprint density at radius 3 is 2.85 bits per heavy atom. The molecule has 1 rings (SSSR count). The molecule has 5 nitrogen and oxygen atoms in total. The zero-order valence-corrected chi connectivity index (χ0v) is 7.44. The second-order valence-corrected chi connectivity index (χ2v) is 2.54. The number of nitrogens with zero attached hydrogens (tertiary/aromatic N) is 2. The Bertz CT molecular complexity index is 325. The average molecular weight is 182 g/mol. The van der Waals surface area contributed by atoms with Gasteiger partial charge in [-0.05, 0) is 6.92 Å². The molecule has 0 amide bonds. The summed E-state index contributed by atoms with van der Waals surface area (Å²) in [6, 6.07) is 1.64. The van der Waals surface area contributed by atoms with E-state index in [9.17, 15) is 4.79 Å². The highest BCUT2D eigenvalue weighted by atomic mass is 16.5. The maximum atomic E-state index is 10.4. The van der Waals surface area contributed by atoms with E-state index in [4.69, 9.17) is 9.84 Å². The standard InChI is InChI=1S/C8H10N2O3/c1-5-3-7(13-2)10-6(9-5)4-8(11)12/h3H,4H2,1-2H3,(H,11,12). The van der Waals surface area contributed by atoms with Crippen LogP contribution in [0.5, 0.6) is 5.88 Å². The first kappa shape index (κ1) is 9.44. The summed E-state index contributed by atoms with van der Waals surface area (Å²) in [5.41, 5.74) is 0.697. The maximum Gasteiger partial charge on any atom is 0.311 e. The van der Waals surface area contributed by atoms with Crippen LogP contribution in [-0.4, -0.2) is 28.2 Å². The second kappa shape index (κ2) is 3.84. The van der Waals surface area contributed by atoms with Gasteiger partial charge in [0.2, 0.25) is 5.88 Å². The molecular weight excluding hydrogens is 172 g/mol. The zero-order valence-electron chi connectivity index (χ0n) is 7.44. The van der Waals surface area contributed by atoms with Gasteiger partial charge in [0.1, 0.15) is 12.2 Å². The molecule has 0 spiro atoms. The normalized spacial score (nSPS) is 9.69. The van der Waals surface area contributed by atoms with Crippen molar-refractivity contribution in [3.05, 3.63) is 17.6 Å². The van der Waals surface area contributed by atoms with E-state index >= 15 is 0 Å². The number of carboxylic acid groups (broad SMARTS) is 1. The minimum absolute atomic E-state index is 0.183. The molecule has 1 heterocycles. The molecule has 5 heteroatoms. The fourth-order valence-electron chi connectivity index (χ4n) is 0.918. The minimum atomic E-state index is -0.951. The van der Waals surface area contributed by atoms with E-state index in [0.717, 1.165) is 0 Å². The van der Waals surface area contributed by atoms with Crippen molar-refractivity contribution in [3.63, 3.8) is 0 Å². The molecule has 0 aliphatic carbocycles. The molecule has 0 atom stereocenters. The number of carboxylic acids is 1. The molecule has 1 aromatic rings. The Morgan fingerprint density at radius 1 is 1.62 bits per heavy atom. The number of aliphatic carboxylic acids is 1. The van der Waals surface area contributed by atoms with Crippen LogP contribution < -0.4 is 4.74 Å². The molecule has 0 aliphatic heterocycles. The smallest absolute Gasteiger partial charge is 0.311 e. The van der Waals surface area contributed by atoms with Crippen molar-refractivity contribution >= 4 is 5.97 Å². The fraction of sp³-hybridized carbons (Fsp3) is 0.375. The topological polar surface area (TPSA) is 72.3 Å². The summed E-state index contributed by atoms with van der Waals surface area (Å²) in [5.74, 6) is -0.291. The monoisotopic (exact) mass is 182 g/mol. The number of aromatic nitrogens is 2. The van der Waals surface area contributed by atoms with Gasteiger partial charge in [0.15, 0.2) is 0 Å². The molecule has 13 heavy (non-hydrogen) atoms. The van der Waals surface area contributed by atoms with Gasteiger partial charge in [0.25, 0.3) is 0 Å². The lowest BCUT2D eigenvalue weighted by molar-refractivity contribution is -0.136. The Hall–Kier alpha value is -1.65. The highest BCUT2D eigenvalue weighted by Gasteiger charge is 2.06. The highest BCUT2D eigenvalue weighted by Crippen LogP contribution is 2.08. The summed E-state index contributed by atoms with van der Waals surface area (Å²) in [5, 5.41) is 8.50. The molecule has 70 valence electrons. The second-order valence-electron chi connectivity index (χ2n) is 2.54. The number of hydrogen-bond acceptors (Lipinski definition) is 4. The number of hydrogen-bond donors (Lipinski definition) is 1. The van der Waals surface area contributed by atoms with Crippen molar-refractivity contribution in [1.82, 2.24) is 9.97 Å². The Morgan fingerprint density at radius 2 is 2.31 bits per heavy atom. The van der Waals surface area contributed by atoms with E-state index in [1.165, 1.54) is 7.11 Å². The van der Waals surface area contributed by atoms with Crippen molar-refractivity contribution in [2.45, 2.75) is 13.3 Å². The summed E-state index contributed by atoms with van der Waals surface area (Å²) in [6.45, 7) is 1.76. The molecule has 0 unspecified atom stereocenters. The van der Waals surface area contributed by atoms with Crippen LogP contribution in [0, 0.1) is 6.92 Å². The van der Waals surface area contributed by atoms with E-state index in [1.807, 2.05) is 0 Å². The quantitative estimate of drug-likeness (QED) is 0.733. The van der Waals surface area contributed by atoms with Gasteiger partial charge in [0, 0.05) is 11.8 Å². The van der Waals surface area contributed by atoms with E-state index in [1.54, 1.807) is 13.0 Å². The molecule has 0 aromatic carbocycles. The predicted octanol–water partition coefficient (Wildman–Crippen LogP) is 0.421. The van der Waals surface area contributed by atoms with Crippen molar-refractivity contribution in [2.24, 2.45) is 0 Å². The van der Waals surface area contributed by atoms with Crippen molar-refractivity contribution < 1.29 is 14.6 Å². The zero-order chi connectivity index (χ0) is 9.84. The molecular formula is C8H10N2O3. The lowest BCUT2D eigenvalue weighted by Gasteiger charge is -2.02. The largest absolute Gasteiger partial charge is 0.481 e. The van der Waals surface area contributed by atoms with Crippen LogP contribution in [0.15, 0.2) is 6.07 Å². The SMILES string of the molecule is COc1cc(C)nc(CC(=O)O)n1. The first-order valence-electron chi connectivity index (χ1n) is 3.72. The number of methoxy groups -OCH3 is 1. The van der Waals surface area contributed by atoms with Gasteiger partial charge >= 0.3 is 5.97 Å². The number of ether oxygens (including phenoxy) is 1. The Labute approximate surface area is 75.4 Å². The third kappa shape index (κ3) is 2.70. The van der Waals surface area contributed by atoms with Gasteiger partial charge < -0.3 is 9.84 Å². The molecule has 0 aliphatic rings. The third-order valence-corrected chi connectivity index (χ3v) is 1.40. The van der Waals surface area contributed by atoms with Crippen molar-refractivity contribution in [2.75, 3.05) is 7.11 Å². The number of aryl methyl sites for hydroxylation is 1. The van der Waals surface area contributed by atoms with Crippen LogP contribution in [0.1, 0.15) is 11.5 Å². The van der Waals surface area contributed by atoms with Crippen molar-refractivity contribution in [3.8, 4) is 5.88 Å². The van der Waals surface area contributed by atoms with E-state index < -0.39 is 5.97 Å². The van der Waals surface area contributed by atoms with Gasteiger partial charge in [-0.1, -0.05) is 0 Å². The summed E-state index contributed by atoms with van der Waals surface area (Å²) < 4.78 is 4.87. The summed E-state index contributed by atoms with van der Waals surface area (Å²) in [4.78, 5) is 18.2. The lowest BCUT2D eigenvalue weighted by Crippen LogP contribution is -2.06. The van der Waals surface area contributed by atoms with Crippen molar-refractivity contribution in [1.29, 1.82) is 0 Å². The molecule has 1 aromatic heterocycles. The van der Waals surface area contributed by atoms with Crippen LogP contribution in [0.3, 0.4) is 0 Å². The van der Waals surface area contributed by atoms with Crippen LogP contribution in [0.25, 0.3) is 0 Å². The summed E-state index contributed by atoms with van der Waals surface area (Å²) >= 11 is 0. The van der Waals surface area contributed by atoms with Gasteiger partial charge in [0.05, 0.1) is 7.11 Å². The molecule has 1 N–H and O–H groups in total. The number of carbonyl (C=O) groups is 1. The van der Waals surface area contributed by atoms with Gasteiger partial charge in [-0.3, -0.25) is 4.79 Å². The number of rotatable bonds is 3. The first-order chi connectivity index (χ1) is 6.11. The van der Waals surface area contributed by atoms with E-state index in [-0.39, 0.29) is 12.2 Å². The molecule has 0 fully saturated rings. The minimum Gasteiger partial charge on any atom is -0.481 e. The lowest BCUT2D eigenvalue weighted by atomic mass is 10.3. The van der Waals surface area contributed by atoms with Gasteiger partial charge in [-0.25, -0.2) is 4.98 Å². The molecule has 0 radical (unpaired) electrons. The average Bonchev–Trinajstić information content (AvgIpc) is 2.01. The summed E-state index contributed by atoms with van der Waals surface area (Å²) in [6.07, 6.45) is -0.183. The predicted molar refractivity (Wildman–Crippen MR) is 44.7 cm³/mol. The van der Waals surface area contributed by atoms with E-state index in [2.05, 4.69) is 9.97 Å². The van der Waals surface area contributed by atoms with Crippen LogP contribution >= 0.6 is 0 Å². The van der Waals surface area contributed by atoms with E-state index in [0.29, 0.717) is 11.6 Å². The van der Waals surface area contributed by atoms with Gasteiger partial charge in [-0.2, -0.15) is 4.98 Å². The summed E-state index contributed by atoms with van der Waals surface area (Å²) in [7, 11) is 1.48. The van der Waals surface area contributed by atoms with Crippen LogP contribution in [-0.2, 0) is 11.2 Å². The Balaban J connectivity index is 2.94. The molecule has 0 bridgehead atoms. The maximum absolute atomic E-state index is 10.4. The first-order valence-corrected chi connectivity index (χ1v) is 3.72. The Kier molecular flexibility index (Phi) is 2.79. The third-order valence-electron chi connectivity index (χ3n) is 1.40.